The summed E-state index contributed by atoms with van der Waals surface area (Å²) in [5, 5.41) is 14.4. The maximum atomic E-state index is 11.4. The van der Waals surface area contributed by atoms with Crippen LogP contribution in [-0.2, 0) is 9.84 Å². The van der Waals surface area contributed by atoms with E-state index in [1.807, 2.05) is 0 Å². The van der Waals surface area contributed by atoms with Crippen molar-refractivity contribution < 1.29 is 13.5 Å². The van der Waals surface area contributed by atoms with Gasteiger partial charge >= 0.3 is 0 Å². The number of rotatable bonds is 2. The molecule has 0 bridgehead atoms. The average Bonchev–Trinajstić information content (AvgIpc) is 2.65. The predicted molar refractivity (Wildman–Crippen MR) is 63.5 cm³/mol. The van der Waals surface area contributed by atoms with Gasteiger partial charge in [-0.1, -0.05) is 12.8 Å². The Morgan fingerprint density at radius 2 is 2.24 bits per heavy atom. The number of hydrogen-bond donors (Lipinski definition) is 1. The fraction of sp³-hybridized carbons (Fsp3) is 0.727. The first kappa shape index (κ1) is 12.6. The van der Waals surface area contributed by atoms with Crippen LogP contribution in [0.4, 0.5) is 0 Å². The van der Waals surface area contributed by atoms with Crippen LogP contribution in [0.15, 0.2) is 17.3 Å². The van der Waals surface area contributed by atoms with Gasteiger partial charge in [-0.05, 0) is 19.8 Å². The minimum Gasteiger partial charge on any atom is -0.388 e. The van der Waals surface area contributed by atoms with Crippen LogP contribution in [0.2, 0.25) is 0 Å². The molecule has 6 heteroatoms. The summed E-state index contributed by atoms with van der Waals surface area (Å²) >= 11 is 0. The van der Waals surface area contributed by atoms with Gasteiger partial charge in [-0.15, -0.1) is 0 Å². The van der Waals surface area contributed by atoms with E-state index in [0.29, 0.717) is 0 Å². The lowest BCUT2D eigenvalue weighted by molar-refractivity contribution is -0.0293. The third kappa shape index (κ3) is 2.52. The molecular weight excluding hydrogens is 240 g/mol. The summed E-state index contributed by atoms with van der Waals surface area (Å²) in [6, 6.07) is -0.133. The molecule has 0 aliphatic heterocycles. The Balaban J connectivity index is 2.31. The van der Waals surface area contributed by atoms with Crippen LogP contribution in [0, 0.1) is 0 Å². The largest absolute Gasteiger partial charge is 0.388 e. The van der Waals surface area contributed by atoms with Crippen molar-refractivity contribution in [1.82, 2.24) is 9.78 Å². The summed E-state index contributed by atoms with van der Waals surface area (Å²) < 4.78 is 24.3. The quantitative estimate of drug-likeness (QED) is 0.863. The lowest BCUT2D eigenvalue weighted by atomic mass is 9.82. The Labute approximate surface area is 101 Å². The highest BCUT2D eigenvalue weighted by molar-refractivity contribution is 7.90. The van der Waals surface area contributed by atoms with Gasteiger partial charge < -0.3 is 5.11 Å². The average molecular weight is 258 g/mol. The molecule has 0 saturated heterocycles. The second-order valence-electron chi connectivity index (χ2n) is 5.05. The van der Waals surface area contributed by atoms with Gasteiger partial charge in [0.25, 0.3) is 0 Å². The van der Waals surface area contributed by atoms with Gasteiger partial charge in [0.2, 0.25) is 0 Å². The third-order valence-electron chi connectivity index (χ3n) is 3.45. The van der Waals surface area contributed by atoms with Crippen LogP contribution in [0.1, 0.15) is 38.6 Å². The highest BCUT2D eigenvalue weighted by Crippen LogP contribution is 2.36. The lowest BCUT2D eigenvalue weighted by Gasteiger charge is -2.37. The summed E-state index contributed by atoms with van der Waals surface area (Å²) in [6.07, 6.45) is 7.62. The van der Waals surface area contributed by atoms with Gasteiger partial charge in [0, 0.05) is 12.5 Å². The summed E-state index contributed by atoms with van der Waals surface area (Å²) in [4.78, 5) is 0.207. The minimum atomic E-state index is -3.22. The molecule has 5 nitrogen and oxygen atoms in total. The van der Waals surface area contributed by atoms with Crippen LogP contribution in [0.3, 0.4) is 0 Å². The fourth-order valence-corrected chi connectivity index (χ4v) is 2.94. The van der Waals surface area contributed by atoms with Crippen LogP contribution in [-0.4, -0.2) is 35.2 Å². The predicted octanol–water partition coefficient (Wildman–Crippen LogP) is 1.15. The van der Waals surface area contributed by atoms with Crippen LogP contribution in [0.25, 0.3) is 0 Å². The molecule has 1 N–H and O–H groups in total. The third-order valence-corrected chi connectivity index (χ3v) is 4.52. The van der Waals surface area contributed by atoms with E-state index in [1.165, 1.54) is 12.4 Å². The molecule has 1 heterocycles. The lowest BCUT2D eigenvalue weighted by Crippen LogP contribution is -2.39. The maximum absolute atomic E-state index is 11.4. The van der Waals surface area contributed by atoms with E-state index in [9.17, 15) is 13.5 Å². The highest BCUT2D eigenvalue weighted by Gasteiger charge is 2.36. The second kappa shape index (κ2) is 4.10. The SMILES string of the molecule is CC1(O)CCCCC1n1cc(S(C)(=O)=O)cn1. The standard InChI is InChI=1S/C11H18N2O3S/c1-11(14)6-4-3-5-10(11)13-8-9(7-12-13)17(2,15)16/h7-8,10,14H,3-6H2,1-2H3. The van der Waals surface area contributed by atoms with E-state index < -0.39 is 15.4 Å². The maximum Gasteiger partial charge on any atom is 0.178 e. The molecule has 2 atom stereocenters. The first-order chi connectivity index (χ1) is 7.81. The van der Waals surface area contributed by atoms with Crippen LogP contribution >= 0.6 is 0 Å². The molecule has 1 aromatic rings. The van der Waals surface area contributed by atoms with Gasteiger partial charge in [-0.2, -0.15) is 5.10 Å². The summed E-state index contributed by atoms with van der Waals surface area (Å²) in [6.45, 7) is 1.79. The van der Waals surface area contributed by atoms with E-state index >= 15 is 0 Å². The van der Waals surface area contributed by atoms with Crippen molar-refractivity contribution in [2.75, 3.05) is 6.26 Å². The van der Waals surface area contributed by atoms with E-state index in [-0.39, 0.29) is 10.9 Å². The van der Waals surface area contributed by atoms with Gasteiger partial charge in [0.05, 0.1) is 17.8 Å². The molecule has 0 spiro atoms. The zero-order valence-electron chi connectivity index (χ0n) is 10.1. The molecule has 1 saturated carbocycles. The molecule has 1 fully saturated rings. The number of sulfone groups is 1. The zero-order valence-corrected chi connectivity index (χ0v) is 10.9. The van der Waals surface area contributed by atoms with Crippen molar-refractivity contribution in [3.63, 3.8) is 0 Å². The first-order valence-electron chi connectivity index (χ1n) is 5.77. The van der Waals surface area contributed by atoms with Crippen LogP contribution < -0.4 is 0 Å². The molecule has 2 rings (SSSR count). The molecule has 0 radical (unpaired) electrons. The van der Waals surface area contributed by atoms with Crippen molar-refractivity contribution in [1.29, 1.82) is 0 Å². The summed E-state index contributed by atoms with van der Waals surface area (Å²) in [7, 11) is -3.22. The first-order valence-corrected chi connectivity index (χ1v) is 7.66. The second-order valence-corrected chi connectivity index (χ2v) is 7.06. The molecule has 1 aliphatic carbocycles. The Morgan fingerprint density at radius 3 is 2.76 bits per heavy atom. The van der Waals surface area contributed by atoms with Gasteiger partial charge in [-0.3, -0.25) is 4.68 Å². The fourth-order valence-electron chi connectivity index (χ4n) is 2.40. The molecule has 17 heavy (non-hydrogen) atoms. The minimum absolute atomic E-state index is 0.133. The molecule has 0 aromatic carbocycles. The topological polar surface area (TPSA) is 72.2 Å². The normalized spacial score (nSPS) is 30.4. The van der Waals surface area contributed by atoms with Gasteiger partial charge in [0.15, 0.2) is 9.84 Å². The van der Waals surface area contributed by atoms with Crippen LogP contribution in [0.5, 0.6) is 0 Å². The zero-order chi connectivity index (χ0) is 12.7. The van der Waals surface area contributed by atoms with Crippen molar-refractivity contribution >= 4 is 9.84 Å². The molecule has 1 aromatic heterocycles. The van der Waals surface area contributed by atoms with E-state index in [4.69, 9.17) is 0 Å². The Bertz CT molecular complexity index is 505. The van der Waals surface area contributed by atoms with Gasteiger partial charge in [-0.25, -0.2) is 8.42 Å². The number of aliphatic hydroxyl groups is 1. The van der Waals surface area contributed by atoms with E-state index in [0.717, 1.165) is 31.9 Å². The summed E-state index contributed by atoms with van der Waals surface area (Å²) in [5.41, 5.74) is -0.807. The Kier molecular flexibility index (Phi) is 3.03. The molecular formula is C11H18N2O3S. The molecule has 96 valence electrons. The monoisotopic (exact) mass is 258 g/mol. The molecule has 1 aliphatic rings. The van der Waals surface area contributed by atoms with Crippen molar-refractivity contribution in [2.45, 2.75) is 49.1 Å². The van der Waals surface area contributed by atoms with E-state index in [1.54, 1.807) is 11.6 Å². The Hall–Kier alpha value is -0.880. The van der Waals surface area contributed by atoms with Crippen molar-refractivity contribution in [3.8, 4) is 0 Å². The van der Waals surface area contributed by atoms with E-state index in [2.05, 4.69) is 5.10 Å². The number of aromatic nitrogens is 2. The number of nitrogens with zero attached hydrogens (tertiary/aromatic N) is 2. The Morgan fingerprint density at radius 1 is 1.53 bits per heavy atom. The smallest absolute Gasteiger partial charge is 0.178 e. The van der Waals surface area contributed by atoms with Crippen molar-refractivity contribution in [2.24, 2.45) is 0 Å². The molecule has 2 unspecified atom stereocenters. The van der Waals surface area contributed by atoms with Gasteiger partial charge in [0.1, 0.15) is 4.90 Å². The van der Waals surface area contributed by atoms with Crippen molar-refractivity contribution in [3.05, 3.63) is 12.4 Å². The number of hydrogen-bond acceptors (Lipinski definition) is 4. The highest BCUT2D eigenvalue weighted by atomic mass is 32.2. The summed E-state index contributed by atoms with van der Waals surface area (Å²) in [5.74, 6) is 0. The molecule has 0 amide bonds.